The molecule has 29 heavy (non-hydrogen) atoms. The van der Waals surface area contributed by atoms with Gasteiger partial charge in [0.15, 0.2) is 5.76 Å². The minimum Gasteiger partial charge on any atom is -0.488 e. The van der Waals surface area contributed by atoms with Gasteiger partial charge in [-0.3, -0.25) is 10.1 Å². The second kappa shape index (κ2) is 8.84. The van der Waals surface area contributed by atoms with E-state index in [4.69, 9.17) is 14.9 Å². The number of aliphatic hydroxyl groups excluding tert-OH is 1. The summed E-state index contributed by atoms with van der Waals surface area (Å²) in [6.45, 7) is 2.59. The Morgan fingerprint density at radius 3 is 3.00 bits per heavy atom. The van der Waals surface area contributed by atoms with Gasteiger partial charge in [-0.25, -0.2) is 9.79 Å². The molecular formula is C17H20N6O5S. The number of nitrogens with zero attached hydrogens (tertiary/aromatic N) is 4. The minimum atomic E-state index is -0.789. The van der Waals surface area contributed by atoms with Crippen LogP contribution in [0.4, 0.5) is 16.0 Å². The standard InChI is InChI=1S/C17H20N6O5S/c1-9(3-5-18)19-16-21-22-17(29-16)20-14(25)12-7-11(13(27-2)15(26)28-12)23-6-4-10(24)8-23/h3,5,7,10,24H,4,6,8,18H2,1-2H3,(H,20,22,25)/t10-/m1/s1. The van der Waals surface area contributed by atoms with Crippen LogP contribution in [0.5, 0.6) is 5.75 Å². The molecule has 0 aliphatic carbocycles. The van der Waals surface area contributed by atoms with E-state index >= 15 is 0 Å². The van der Waals surface area contributed by atoms with Gasteiger partial charge in [0, 0.05) is 24.9 Å². The molecule has 0 saturated carbocycles. The van der Waals surface area contributed by atoms with E-state index in [9.17, 15) is 14.7 Å². The largest absolute Gasteiger partial charge is 0.488 e. The lowest BCUT2D eigenvalue weighted by atomic mass is 10.3. The monoisotopic (exact) mass is 420 g/mol. The number of carbonyl (C=O) groups is 1. The summed E-state index contributed by atoms with van der Waals surface area (Å²) in [5.41, 5.74) is 5.53. The Bertz CT molecular complexity index is 1010. The molecule has 1 saturated heterocycles. The molecule has 1 fully saturated rings. The summed E-state index contributed by atoms with van der Waals surface area (Å²) in [4.78, 5) is 30.8. The highest BCUT2D eigenvalue weighted by molar-refractivity contribution is 7.18. The fourth-order valence-corrected chi connectivity index (χ4v) is 3.43. The molecule has 2 aromatic rings. The van der Waals surface area contributed by atoms with Crippen LogP contribution in [0.2, 0.25) is 0 Å². The third-order valence-corrected chi connectivity index (χ3v) is 4.80. The second-order valence-corrected chi connectivity index (χ2v) is 7.12. The molecule has 4 N–H and O–H groups in total. The smallest absolute Gasteiger partial charge is 0.381 e. The molecule has 0 spiro atoms. The van der Waals surface area contributed by atoms with Crippen LogP contribution < -0.4 is 26.3 Å². The molecule has 1 aliphatic heterocycles. The highest BCUT2D eigenvalue weighted by atomic mass is 32.1. The van der Waals surface area contributed by atoms with Gasteiger partial charge >= 0.3 is 5.63 Å². The lowest BCUT2D eigenvalue weighted by Crippen LogP contribution is -2.25. The molecule has 11 nitrogen and oxygen atoms in total. The van der Waals surface area contributed by atoms with Crippen LogP contribution in [0.15, 0.2) is 32.5 Å². The van der Waals surface area contributed by atoms with Crippen LogP contribution in [-0.2, 0) is 0 Å². The normalized spacial score (nSPS) is 17.1. The Labute approximate surface area is 169 Å². The summed E-state index contributed by atoms with van der Waals surface area (Å²) in [6.07, 6.45) is 2.99. The molecule has 1 amide bonds. The van der Waals surface area contributed by atoms with E-state index in [1.54, 1.807) is 17.9 Å². The van der Waals surface area contributed by atoms with Crippen molar-refractivity contribution in [2.24, 2.45) is 10.7 Å². The Morgan fingerprint density at radius 2 is 2.34 bits per heavy atom. The summed E-state index contributed by atoms with van der Waals surface area (Å²) in [6, 6.07) is 1.41. The molecule has 1 aliphatic rings. The number of nitrogens with one attached hydrogen (secondary N) is 1. The number of aliphatic imine (C=N–C) groups is 1. The number of hydrogen-bond acceptors (Lipinski definition) is 11. The van der Waals surface area contributed by atoms with Crippen LogP contribution in [0, 0.1) is 0 Å². The maximum atomic E-state index is 12.6. The zero-order valence-corrected chi connectivity index (χ0v) is 16.6. The Hall–Kier alpha value is -3.25. The van der Waals surface area contributed by atoms with Gasteiger partial charge in [0.1, 0.15) is 0 Å². The van der Waals surface area contributed by atoms with E-state index in [0.29, 0.717) is 36.0 Å². The maximum absolute atomic E-state index is 12.6. The molecule has 0 aromatic carbocycles. The summed E-state index contributed by atoms with van der Waals surface area (Å²) >= 11 is 1.05. The number of aliphatic hydroxyl groups is 1. The molecule has 0 radical (unpaired) electrons. The number of nitrogens with two attached hydrogens (primary N) is 1. The number of carbonyl (C=O) groups excluding carboxylic acids is 1. The van der Waals surface area contributed by atoms with Gasteiger partial charge in [-0.1, -0.05) is 11.3 Å². The number of aromatic nitrogens is 2. The van der Waals surface area contributed by atoms with E-state index < -0.39 is 17.6 Å². The highest BCUT2D eigenvalue weighted by Gasteiger charge is 2.27. The molecule has 3 rings (SSSR count). The molecule has 0 unspecified atom stereocenters. The van der Waals surface area contributed by atoms with Crippen molar-refractivity contribution in [2.75, 3.05) is 30.4 Å². The van der Waals surface area contributed by atoms with Crippen molar-refractivity contribution in [1.29, 1.82) is 0 Å². The lowest BCUT2D eigenvalue weighted by Gasteiger charge is -2.20. The van der Waals surface area contributed by atoms with E-state index in [0.717, 1.165) is 11.3 Å². The Morgan fingerprint density at radius 1 is 1.55 bits per heavy atom. The Balaban J connectivity index is 1.83. The fraction of sp³-hybridized carbons (Fsp3) is 0.353. The van der Waals surface area contributed by atoms with Crippen molar-refractivity contribution in [1.82, 2.24) is 10.2 Å². The number of allylic oxidation sites excluding steroid dienone is 1. The molecule has 2 aromatic heterocycles. The van der Waals surface area contributed by atoms with Crippen molar-refractivity contribution in [3.05, 3.63) is 34.5 Å². The van der Waals surface area contributed by atoms with Crippen LogP contribution in [0.1, 0.15) is 23.9 Å². The topological polar surface area (TPSA) is 156 Å². The number of β-amino-alcohol motifs (C(OH)–C–C–N with tert-alkyl or cyclic N) is 1. The number of amides is 1. The number of rotatable bonds is 6. The maximum Gasteiger partial charge on any atom is 0.381 e. The SMILES string of the molecule is COc1c(N2CC[C@@H](O)C2)cc(C(=O)Nc2nnc(N=C(C)C=CN)s2)oc1=O. The van der Waals surface area contributed by atoms with Crippen LogP contribution in [-0.4, -0.2) is 53.2 Å². The highest BCUT2D eigenvalue weighted by Crippen LogP contribution is 2.30. The van der Waals surface area contributed by atoms with Gasteiger partial charge in [0.25, 0.3) is 5.91 Å². The number of methoxy groups -OCH3 is 1. The van der Waals surface area contributed by atoms with Gasteiger partial charge in [0.2, 0.25) is 16.0 Å². The first kappa shape index (κ1) is 20.5. The van der Waals surface area contributed by atoms with Gasteiger partial charge in [-0.15, -0.1) is 10.2 Å². The van der Waals surface area contributed by atoms with Gasteiger partial charge < -0.3 is 24.9 Å². The lowest BCUT2D eigenvalue weighted by molar-refractivity contribution is 0.0991. The van der Waals surface area contributed by atoms with Gasteiger partial charge in [-0.05, 0) is 25.6 Å². The third kappa shape index (κ3) is 4.78. The summed E-state index contributed by atoms with van der Waals surface area (Å²) < 4.78 is 10.2. The summed E-state index contributed by atoms with van der Waals surface area (Å²) in [7, 11) is 1.34. The average Bonchev–Trinajstić information content (AvgIpc) is 3.30. The molecular weight excluding hydrogens is 400 g/mol. The van der Waals surface area contributed by atoms with E-state index in [-0.39, 0.29) is 16.6 Å². The van der Waals surface area contributed by atoms with E-state index in [1.807, 2.05) is 0 Å². The Kier molecular flexibility index (Phi) is 6.24. The van der Waals surface area contributed by atoms with Crippen molar-refractivity contribution < 1.29 is 19.1 Å². The van der Waals surface area contributed by atoms with Crippen LogP contribution in [0.25, 0.3) is 0 Å². The van der Waals surface area contributed by atoms with Gasteiger partial charge in [0.05, 0.1) is 18.9 Å². The van der Waals surface area contributed by atoms with Crippen LogP contribution >= 0.6 is 11.3 Å². The molecule has 3 heterocycles. The van der Waals surface area contributed by atoms with E-state index in [2.05, 4.69) is 20.5 Å². The number of hydrogen-bond donors (Lipinski definition) is 3. The first-order chi connectivity index (χ1) is 13.9. The predicted molar refractivity (Wildman–Crippen MR) is 108 cm³/mol. The molecule has 154 valence electrons. The number of ether oxygens (including phenoxy) is 1. The van der Waals surface area contributed by atoms with E-state index in [1.165, 1.54) is 19.4 Å². The zero-order chi connectivity index (χ0) is 21.0. The average molecular weight is 420 g/mol. The minimum absolute atomic E-state index is 0.0216. The molecule has 12 heteroatoms. The summed E-state index contributed by atoms with van der Waals surface area (Å²) in [5, 5.41) is 20.5. The van der Waals surface area contributed by atoms with Crippen LogP contribution in [0.3, 0.4) is 0 Å². The van der Waals surface area contributed by atoms with Crippen molar-refractivity contribution in [3.63, 3.8) is 0 Å². The van der Waals surface area contributed by atoms with Crippen molar-refractivity contribution in [3.8, 4) is 5.75 Å². The first-order valence-electron chi connectivity index (χ1n) is 8.64. The first-order valence-corrected chi connectivity index (χ1v) is 9.46. The van der Waals surface area contributed by atoms with Gasteiger partial charge in [-0.2, -0.15) is 0 Å². The van der Waals surface area contributed by atoms with Crippen molar-refractivity contribution >= 4 is 38.9 Å². The zero-order valence-electron chi connectivity index (χ0n) is 15.8. The fourth-order valence-electron chi connectivity index (χ4n) is 2.76. The summed E-state index contributed by atoms with van der Waals surface area (Å²) in [5.74, 6) is -0.905. The predicted octanol–water partition coefficient (Wildman–Crippen LogP) is 0.888. The second-order valence-electron chi connectivity index (χ2n) is 6.16. The quantitative estimate of drug-likeness (QED) is 0.577. The van der Waals surface area contributed by atoms with Crippen molar-refractivity contribution in [2.45, 2.75) is 19.4 Å². The third-order valence-electron chi connectivity index (χ3n) is 4.06. The number of anilines is 2. The molecule has 1 atom stereocenters. The molecule has 0 bridgehead atoms.